The van der Waals surface area contributed by atoms with Crippen LogP contribution in [0.25, 0.3) is 0 Å². The smallest absolute Gasteiger partial charge is 0.230 e. The van der Waals surface area contributed by atoms with Crippen molar-refractivity contribution in [1.82, 2.24) is 19.7 Å². The molecule has 0 bridgehead atoms. The molecule has 0 unspecified atom stereocenters. The van der Waals surface area contributed by atoms with Gasteiger partial charge in [-0.1, -0.05) is 11.6 Å². The molecule has 0 aliphatic heterocycles. The highest BCUT2D eigenvalue weighted by molar-refractivity contribution is 6.34. The number of hydrogen-bond donors (Lipinski definition) is 0. The van der Waals surface area contributed by atoms with Crippen LogP contribution in [-0.4, -0.2) is 25.5 Å². The molecule has 0 N–H and O–H groups in total. The average molecular weight is 251 g/mol. The van der Waals surface area contributed by atoms with E-state index in [1.807, 2.05) is 13.8 Å². The Morgan fingerprint density at radius 2 is 2.24 bits per heavy atom. The molecule has 0 aliphatic carbocycles. The van der Waals surface area contributed by atoms with E-state index in [-0.39, 0.29) is 11.8 Å². The van der Waals surface area contributed by atoms with Gasteiger partial charge < -0.3 is 0 Å². The summed E-state index contributed by atoms with van der Waals surface area (Å²) >= 11 is 5.99. The number of hydrogen-bond acceptors (Lipinski definition) is 4. The third kappa shape index (κ3) is 2.19. The molecular weight excluding hydrogens is 240 g/mol. The van der Waals surface area contributed by atoms with Crippen molar-refractivity contribution in [2.75, 3.05) is 0 Å². The lowest BCUT2D eigenvalue weighted by Gasteiger charge is -2.09. The van der Waals surface area contributed by atoms with Gasteiger partial charge in [0.2, 0.25) is 5.78 Å². The van der Waals surface area contributed by atoms with Gasteiger partial charge in [0, 0.05) is 12.2 Å². The molecule has 88 valence electrons. The molecule has 0 saturated carbocycles. The Kier molecular flexibility index (Phi) is 3.19. The van der Waals surface area contributed by atoms with Crippen molar-refractivity contribution in [3.63, 3.8) is 0 Å². The lowest BCUT2D eigenvalue weighted by Crippen LogP contribution is -2.14. The minimum absolute atomic E-state index is 0.0586. The minimum Gasteiger partial charge on any atom is -0.285 e. The van der Waals surface area contributed by atoms with Crippen LogP contribution in [0.1, 0.15) is 36.1 Å². The number of ketones is 1. The zero-order valence-corrected chi connectivity index (χ0v) is 10.2. The van der Waals surface area contributed by atoms with Crippen molar-refractivity contribution in [3.8, 4) is 0 Å². The van der Waals surface area contributed by atoms with E-state index in [2.05, 4.69) is 15.1 Å². The molecule has 0 radical (unpaired) electrons. The van der Waals surface area contributed by atoms with E-state index in [1.165, 1.54) is 18.7 Å². The van der Waals surface area contributed by atoms with Crippen LogP contribution in [0.4, 0.5) is 0 Å². The topological polar surface area (TPSA) is 60.7 Å². The molecule has 0 aromatic carbocycles. The molecule has 2 heterocycles. The third-order valence-electron chi connectivity index (χ3n) is 2.27. The molecule has 0 saturated heterocycles. The van der Waals surface area contributed by atoms with Crippen LogP contribution in [0.15, 0.2) is 24.8 Å². The van der Waals surface area contributed by atoms with Crippen LogP contribution in [0.3, 0.4) is 0 Å². The van der Waals surface area contributed by atoms with E-state index in [0.29, 0.717) is 16.4 Å². The Hall–Kier alpha value is -1.75. The highest BCUT2D eigenvalue weighted by atomic mass is 35.5. The average Bonchev–Trinajstić information content (AvgIpc) is 2.71. The van der Waals surface area contributed by atoms with Crippen molar-refractivity contribution in [2.24, 2.45) is 0 Å². The van der Waals surface area contributed by atoms with Crippen LogP contribution >= 0.6 is 11.6 Å². The number of carbonyl (C=O) groups excluding carboxylic acids is 1. The normalized spacial score (nSPS) is 10.8. The van der Waals surface area contributed by atoms with Crippen molar-refractivity contribution in [2.45, 2.75) is 19.9 Å². The molecule has 2 aromatic heterocycles. The number of aromatic nitrogens is 4. The van der Waals surface area contributed by atoms with E-state index >= 15 is 0 Å². The third-order valence-corrected chi connectivity index (χ3v) is 2.55. The summed E-state index contributed by atoms with van der Waals surface area (Å²) in [5.41, 5.74) is 0.671. The van der Waals surface area contributed by atoms with Gasteiger partial charge in [0.05, 0.1) is 11.2 Å². The summed E-state index contributed by atoms with van der Waals surface area (Å²) in [7, 11) is 0. The summed E-state index contributed by atoms with van der Waals surface area (Å²) in [5, 5.41) is 4.42. The van der Waals surface area contributed by atoms with Crippen molar-refractivity contribution in [1.29, 1.82) is 0 Å². The Morgan fingerprint density at radius 1 is 1.47 bits per heavy atom. The highest BCUT2D eigenvalue weighted by Crippen LogP contribution is 2.21. The van der Waals surface area contributed by atoms with E-state index in [0.717, 1.165) is 0 Å². The quantitative estimate of drug-likeness (QED) is 0.783. The molecule has 0 aliphatic rings. The van der Waals surface area contributed by atoms with E-state index < -0.39 is 0 Å². The van der Waals surface area contributed by atoms with Crippen LogP contribution in [0.2, 0.25) is 5.02 Å². The first kappa shape index (κ1) is 11.7. The van der Waals surface area contributed by atoms with Crippen molar-refractivity contribution >= 4 is 17.4 Å². The molecule has 0 amide bonds. The number of halogens is 1. The van der Waals surface area contributed by atoms with Gasteiger partial charge in [0.25, 0.3) is 0 Å². The number of nitrogens with zero attached hydrogens (tertiary/aromatic N) is 4. The summed E-state index contributed by atoms with van der Waals surface area (Å²) in [5.74, 6) is -0.247. The van der Waals surface area contributed by atoms with Crippen LogP contribution in [0, 0.1) is 0 Å². The fourth-order valence-corrected chi connectivity index (χ4v) is 1.71. The summed E-state index contributed by atoms with van der Waals surface area (Å²) in [6, 6.07) is 1.61. The van der Waals surface area contributed by atoms with Gasteiger partial charge in [0.15, 0.2) is 0 Å². The van der Waals surface area contributed by atoms with Gasteiger partial charge in [0.1, 0.15) is 17.7 Å². The Balaban J connectivity index is 2.48. The molecule has 6 heteroatoms. The first-order chi connectivity index (χ1) is 8.11. The second-order valence-corrected chi connectivity index (χ2v) is 4.21. The van der Waals surface area contributed by atoms with Gasteiger partial charge in [-0.2, -0.15) is 5.10 Å². The zero-order chi connectivity index (χ0) is 12.4. The van der Waals surface area contributed by atoms with Gasteiger partial charge in [-0.15, -0.1) is 0 Å². The monoisotopic (exact) mass is 250 g/mol. The lowest BCUT2D eigenvalue weighted by atomic mass is 10.2. The molecule has 5 nitrogen and oxygen atoms in total. The van der Waals surface area contributed by atoms with Crippen molar-refractivity contribution in [3.05, 3.63) is 41.2 Å². The second kappa shape index (κ2) is 4.63. The first-order valence-corrected chi connectivity index (χ1v) is 5.52. The SMILES string of the molecule is CC(C)n1ncc(Cl)c1C(=O)c1ccncn1. The van der Waals surface area contributed by atoms with Gasteiger partial charge >= 0.3 is 0 Å². The van der Waals surface area contributed by atoms with E-state index in [4.69, 9.17) is 11.6 Å². The molecular formula is C11H11ClN4O. The zero-order valence-electron chi connectivity index (χ0n) is 9.46. The second-order valence-electron chi connectivity index (χ2n) is 3.80. The maximum Gasteiger partial charge on any atom is 0.230 e. The summed E-state index contributed by atoms with van der Waals surface area (Å²) in [6.07, 6.45) is 4.32. The van der Waals surface area contributed by atoms with Crippen LogP contribution in [-0.2, 0) is 0 Å². The Morgan fingerprint density at radius 3 is 2.82 bits per heavy atom. The fourth-order valence-electron chi connectivity index (χ4n) is 1.49. The molecule has 2 rings (SSSR count). The summed E-state index contributed by atoms with van der Waals surface area (Å²) in [4.78, 5) is 19.9. The van der Waals surface area contributed by atoms with E-state index in [9.17, 15) is 4.79 Å². The lowest BCUT2D eigenvalue weighted by molar-refractivity contribution is 0.102. The summed E-state index contributed by atoms with van der Waals surface area (Å²) in [6.45, 7) is 3.86. The fraction of sp³-hybridized carbons (Fsp3) is 0.273. The number of rotatable bonds is 3. The van der Waals surface area contributed by atoms with E-state index in [1.54, 1.807) is 10.7 Å². The standard InChI is InChI=1S/C11H11ClN4O/c1-7(2)16-10(8(12)5-15-16)11(17)9-3-4-13-6-14-9/h3-7H,1-2H3. The number of carbonyl (C=O) groups is 1. The Bertz CT molecular complexity index is 536. The maximum absolute atomic E-state index is 12.2. The molecule has 0 atom stereocenters. The van der Waals surface area contributed by atoms with Gasteiger partial charge in [-0.25, -0.2) is 9.97 Å². The molecule has 0 spiro atoms. The van der Waals surface area contributed by atoms with Gasteiger partial charge in [-0.05, 0) is 19.9 Å². The van der Waals surface area contributed by atoms with Crippen LogP contribution in [0.5, 0.6) is 0 Å². The minimum atomic E-state index is -0.247. The van der Waals surface area contributed by atoms with Crippen LogP contribution < -0.4 is 0 Å². The first-order valence-electron chi connectivity index (χ1n) is 5.15. The summed E-state index contributed by atoms with van der Waals surface area (Å²) < 4.78 is 1.59. The predicted octanol–water partition coefficient (Wildman–Crippen LogP) is 2.14. The highest BCUT2D eigenvalue weighted by Gasteiger charge is 2.21. The van der Waals surface area contributed by atoms with Crippen molar-refractivity contribution < 1.29 is 4.79 Å². The predicted molar refractivity (Wildman–Crippen MR) is 63.1 cm³/mol. The largest absolute Gasteiger partial charge is 0.285 e. The molecule has 17 heavy (non-hydrogen) atoms. The molecule has 2 aromatic rings. The Labute approximate surface area is 103 Å². The van der Waals surface area contributed by atoms with Gasteiger partial charge in [-0.3, -0.25) is 9.48 Å². The maximum atomic E-state index is 12.2. The molecule has 0 fully saturated rings.